The molecule has 0 bridgehead atoms. The second kappa shape index (κ2) is 5.54. The molecule has 0 atom stereocenters. The Bertz CT molecular complexity index is 57.8. The number of rotatable bonds is 0. The fourth-order valence-corrected chi connectivity index (χ4v) is 0. The van der Waals surface area contributed by atoms with E-state index in [1.165, 1.54) is 0 Å². The van der Waals surface area contributed by atoms with Crippen molar-refractivity contribution in [3.05, 3.63) is 0 Å². The molecule has 0 aromatic rings. The number of phosphoric acid groups is 1. The van der Waals surface area contributed by atoms with E-state index in [9.17, 15) is 0 Å². The Kier molecular flexibility index (Phi) is 12.5. The van der Waals surface area contributed by atoms with Crippen LogP contribution in [0.5, 0.6) is 0 Å². The van der Waals surface area contributed by atoms with Crippen molar-refractivity contribution in [3.63, 3.8) is 0 Å². The average Bonchev–Trinajstić information content (AvgIpc) is 0.722. The molecule has 7 heavy (non-hydrogen) atoms. The molecular formula is H5CrMgO4P. The standard InChI is InChI=1S/Cr.Mg.H3O4P.2H/c;;1-5(2,3)4;;/h;;(H3,1,2,3,4);;. The molecule has 0 aliphatic rings. The summed E-state index contributed by atoms with van der Waals surface area (Å²) in [5, 5.41) is 0. The van der Waals surface area contributed by atoms with Crippen LogP contribution in [-0.2, 0) is 21.9 Å². The van der Waals surface area contributed by atoms with Gasteiger partial charge in [0.05, 0.1) is 0 Å². The first kappa shape index (κ1) is 15.8. The summed E-state index contributed by atoms with van der Waals surface area (Å²) in [4.78, 5) is 21.6. The van der Waals surface area contributed by atoms with Crippen LogP contribution in [-0.4, -0.2) is 37.7 Å². The number of hydrogen-bond donors (Lipinski definition) is 3. The topological polar surface area (TPSA) is 77.8 Å². The quantitative estimate of drug-likeness (QED) is 0.299. The molecule has 0 aromatic carbocycles. The van der Waals surface area contributed by atoms with Crippen LogP contribution in [0.4, 0.5) is 0 Å². The zero-order valence-corrected chi connectivity index (χ0v) is 4.77. The SMILES string of the molecule is O=P(O)(O)O.[Cr].[MgH2]. The molecule has 7 heteroatoms. The van der Waals surface area contributed by atoms with Gasteiger partial charge in [-0.05, 0) is 0 Å². The van der Waals surface area contributed by atoms with Gasteiger partial charge >= 0.3 is 30.9 Å². The van der Waals surface area contributed by atoms with Gasteiger partial charge < -0.3 is 14.7 Å². The molecule has 0 aromatic heterocycles. The van der Waals surface area contributed by atoms with Crippen LogP contribution >= 0.6 is 7.82 Å². The molecular weight excluding hydrogens is 171 g/mol. The summed E-state index contributed by atoms with van der Waals surface area (Å²) >= 11 is 0. The molecule has 0 amide bonds. The van der Waals surface area contributed by atoms with Crippen molar-refractivity contribution in [2.45, 2.75) is 0 Å². The molecule has 0 rings (SSSR count). The van der Waals surface area contributed by atoms with E-state index in [1.807, 2.05) is 0 Å². The maximum absolute atomic E-state index is 8.88. The van der Waals surface area contributed by atoms with Crippen molar-refractivity contribution >= 4 is 30.9 Å². The van der Waals surface area contributed by atoms with Gasteiger partial charge in [0.1, 0.15) is 0 Å². The minimum absolute atomic E-state index is 0. The Balaban J connectivity index is -0.0000000800. The Morgan fingerprint density at radius 1 is 1.14 bits per heavy atom. The van der Waals surface area contributed by atoms with Gasteiger partial charge in [-0.2, -0.15) is 0 Å². The van der Waals surface area contributed by atoms with E-state index in [4.69, 9.17) is 19.2 Å². The summed E-state index contributed by atoms with van der Waals surface area (Å²) in [6.07, 6.45) is 0. The van der Waals surface area contributed by atoms with Crippen LogP contribution in [0.2, 0.25) is 0 Å². The maximum Gasteiger partial charge on any atom is 0.466 e. The van der Waals surface area contributed by atoms with Gasteiger partial charge in [-0.3, -0.25) is 0 Å². The van der Waals surface area contributed by atoms with Gasteiger partial charge in [0, 0.05) is 17.4 Å². The molecule has 0 unspecified atom stereocenters. The zero-order chi connectivity index (χ0) is 4.50. The van der Waals surface area contributed by atoms with E-state index in [0.29, 0.717) is 0 Å². The molecule has 0 heterocycles. The predicted octanol–water partition coefficient (Wildman–Crippen LogP) is -1.85. The molecule has 0 saturated heterocycles. The van der Waals surface area contributed by atoms with E-state index in [-0.39, 0.29) is 40.4 Å². The van der Waals surface area contributed by atoms with Crippen molar-refractivity contribution in [1.29, 1.82) is 0 Å². The third-order valence-electron chi connectivity index (χ3n) is 0. The van der Waals surface area contributed by atoms with Crippen molar-refractivity contribution in [1.82, 2.24) is 0 Å². The fraction of sp³-hybridized carbons (Fsp3) is 0. The van der Waals surface area contributed by atoms with Crippen molar-refractivity contribution in [2.75, 3.05) is 0 Å². The minimum atomic E-state index is -4.64. The fourth-order valence-electron chi connectivity index (χ4n) is 0. The van der Waals surface area contributed by atoms with E-state index in [0.717, 1.165) is 0 Å². The Morgan fingerprint density at radius 3 is 1.14 bits per heavy atom. The molecule has 0 radical (unpaired) electrons. The van der Waals surface area contributed by atoms with Crippen LogP contribution in [0.1, 0.15) is 0 Å². The molecule has 0 aliphatic carbocycles. The largest absolute Gasteiger partial charge is 0.466 e. The van der Waals surface area contributed by atoms with Crippen LogP contribution in [0.25, 0.3) is 0 Å². The smallest absolute Gasteiger partial charge is 0.303 e. The van der Waals surface area contributed by atoms with Crippen LogP contribution < -0.4 is 0 Å². The molecule has 0 fully saturated rings. The first-order chi connectivity index (χ1) is 2.00. The first-order valence-corrected chi connectivity index (χ1v) is 2.35. The van der Waals surface area contributed by atoms with E-state index >= 15 is 0 Å². The summed E-state index contributed by atoms with van der Waals surface area (Å²) in [6.45, 7) is 0. The van der Waals surface area contributed by atoms with E-state index < -0.39 is 7.82 Å². The maximum atomic E-state index is 8.88. The third kappa shape index (κ3) is 109. The summed E-state index contributed by atoms with van der Waals surface area (Å²) in [5.74, 6) is 0. The van der Waals surface area contributed by atoms with Crippen molar-refractivity contribution in [2.24, 2.45) is 0 Å². The second-order valence-corrected chi connectivity index (χ2v) is 1.54. The van der Waals surface area contributed by atoms with Crippen molar-refractivity contribution < 1.29 is 36.6 Å². The molecule has 0 saturated carbocycles. The van der Waals surface area contributed by atoms with Crippen molar-refractivity contribution in [3.8, 4) is 0 Å². The monoisotopic (exact) mass is 176 g/mol. The summed E-state index contributed by atoms with van der Waals surface area (Å²) in [7, 11) is -4.64. The predicted molar refractivity (Wildman–Crippen MR) is 22.8 cm³/mol. The van der Waals surface area contributed by atoms with Gasteiger partial charge in [0.25, 0.3) is 0 Å². The molecule has 42 valence electrons. The summed E-state index contributed by atoms with van der Waals surface area (Å²) < 4.78 is 8.88. The average molecular weight is 176 g/mol. The van der Waals surface area contributed by atoms with Gasteiger partial charge in [-0.15, -0.1) is 0 Å². The summed E-state index contributed by atoms with van der Waals surface area (Å²) in [6, 6.07) is 0. The molecule has 0 aliphatic heterocycles. The van der Waals surface area contributed by atoms with Gasteiger partial charge in [0.15, 0.2) is 0 Å². The van der Waals surface area contributed by atoms with Crippen LogP contribution in [0.15, 0.2) is 0 Å². The Labute approximate surface area is 67.5 Å². The zero-order valence-electron chi connectivity index (χ0n) is 2.61. The summed E-state index contributed by atoms with van der Waals surface area (Å²) in [5.41, 5.74) is 0. The minimum Gasteiger partial charge on any atom is -0.303 e. The van der Waals surface area contributed by atoms with Gasteiger partial charge in [0.2, 0.25) is 0 Å². The second-order valence-electron chi connectivity index (χ2n) is 0.513. The van der Waals surface area contributed by atoms with Gasteiger partial charge in [-0.1, -0.05) is 0 Å². The van der Waals surface area contributed by atoms with E-state index in [1.54, 1.807) is 0 Å². The van der Waals surface area contributed by atoms with Gasteiger partial charge in [-0.25, -0.2) is 4.57 Å². The number of hydrogen-bond acceptors (Lipinski definition) is 1. The van der Waals surface area contributed by atoms with E-state index in [2.05, 4.69) is 0 Å². The first-order valence-electron chi connectivity index (χ1n) is 0.783. The molecule has 4 nitrogen and oxygen atoms in total. The normalized spacial score (nSPS) is 8.43. The van der Waals surface area contributed by atoms with Crippen LogP contribution in [0.3, 0.4) is 0 Å². The van der Waals surface area contributed by atoms with Crippen LogP contribution in [0, 0.1) is 0 Å². The Morgan fingerprint density at radius 2 is 1.14 bits per heavy atom. The third-order valence-corrected chi connectivity index (χ3v) is 0. The Hall–Kier alpha value is 1.41. The molecule has 3 N–H and O–H groups in total. The molecule has 0 spiro atoms.